The van der Waals surface area contributed by atoms with Gasteiger partial charge in [-0.15, -0.1) is 0 Å². The van der Waals surface area contributed by atoms with Gasteiger partial charge >= 0.3 is 0 Å². The molecule has 0 spiro atoms. The lowest BCUT2D eigenvalue weighted by Gasteiger charge is -2.39. The zero-order chi connectivity index (χ0) is 20.6. The molecule has 0 radical (unpaired) electrons. The predicted octanol–water partition coefficient (Wildman–Crippen LogP) is 6.59. The molecule has 5 heteroatoms. The number of Topliss-reactive ketones (excluding diaryl/α,β-unsaturated/α-hetero) is 1. The van der Waals surface area contributed by atoms with E-state index in [-0.39, 0.29) is 15.9 Å². The summed E-state index contributed by atoms with van der Waals surface area (Å²) in [5.74, 6) is 1.76. The van der Waals surface area contributed by atoms with E-state index >= 15 is 0 Å². The highest BCUT2D eigenvalue weighted by molar-refractivity contribution is 6.75. The average molecular weight is 395 g/mol. The van der Waals surface area contributed by atoms with Gasteiger partial charge in [-0.05, 0) is 60.9 Å². The van der Waals surface area contributed by atoms with E-state index in [1.165, 1.54) is 0 Å². The third-order valence-electron chi connectivity index (χ3n) is 5.80. The molecule has 0 heterocycles. The normalized spacial score (nSPS) is 13.5. The molecule has 0 saturated heterocycles. The van der Waals surface area contributed by atoms with Crippen molar-refractivity contribution in [2.24, 2.45) is 0 Å². The van der Waals surface area contributed by atoms with Gasteiger partial charge in [-0.2, -0.15) is 0 Å². The molecule has 1 aromatic rings. The monoisotopic (exact) mass is 394 g/mol. The standard InChI is InChI=1S/C21H38O3Si2/c1-16(22)14-17-12-13-18(23-25(8,9)20(2,3)4)19(15-17)24-26(10,11)21(5,6)7/h12-13,15H,14H2,1-11H3. The molecule has 148 valence electrons. The predicted molar refractivity (Wildman–Crippen MR) is 116 cm³/mol. The Morgan fingerprint density at radius 3 is 1.65 bits per heavy atom. The molecule has 0 amide bonds. The summed E-state index contributed by atoms with van der Waals surface area (Å²) in [5.41, 5.74) is 0.980. The Hall–Kier alpha value is -1.08. The van der Waals surface area contributed by atoms with Crippen LogP contribution in [0.15, 0.2) is 18.2 Å². The van der Waals surface area contributed by atoms with E-state index in [2.05, 4.69) is 67.7 Å². The van der Waals surface area contributed by atoms with Crippen molar-refractivity contribution in [2.75, 3.05) is 0 Å². The quantitative estimate of drug-likeness (QED) is 0.511. The number of rotatable bonds is 6. The fourth-order valence-electron chi connectivity index (χ4n) is 1.97. The third kappa shape index (κ3) is 5.71. The van der Waals surface area contributed by atoms with Crippen LogP contribution in [0.2, 0.25) is 36.3 Å². The lowest BCUT2D eigenvalue weighted by atomic mass is 10.1. The van der Waals surface area contributed by atoms with Gasteiger partial charge in [0.25, 0.3) is 16.6 Å². The summed E-state index contributed by atoms with van der Waals surface area (Å²) in [6.07, 6.45) is 0.425. The van der Waals surface area contributed by atoms with Gasteiger partial charge in [-0.3, -0.25) is 4.79 Å². The molecular formula is C21H38O3Si2. The van der Waals surface area contributed by atoms with Crippen LogP contribution in [-0.2, 0) is 11.2 Å². The van der Waals surface area contributed by atoms with E-state index in [1.807, 2.05) is 18.2 Å². The molecule has 0 aromatic heterocycles. The minimum Gasteiger partial charge on any atom is -0.541 e. The van der Waals surface area contributed by atoms with Gasteiger partial charge in [0.15, 0.2) is 0 Å². The van der Waals surface area contributed by atoms with Gasteiger partial charge < -0.3 is 8.85 Å². The molecule has 0 saturated carbocycles. The molecule has 3 nitrogen and oxygen atoms in total. The molecule has 0 aliphatic carbocycles. The number of benzene rings is 1. The van der Waals surface area contributed by atoms with E-state index in [0.717, 1.165) is 17.1 Å². The Labute approximate surface area is 162 Å². The Bertz CT molecular complexity index is 650. The number of carbonyl (C=O) groups is 1. The molecule has 1 aromatic carbocycles. The SMILES string of the molecule is CC(=O)Cc1ccc(O[Si](C)(C)C(C)(C)C)c(O[Si](C)(C)C(C)(C)C)c1. The van der Waals surface area contributed by atoms with Crippen molar-refractivity contribution in [3.05, 3.63) is 23.8 Å². The second-order valence-corrected chi connectivity index (χ2v) is 19.8. The Balaban J connectivity index is 3.35. The smallest absolute Gasteiger partial charge is 0.250 e. The van der Waals surface area contributed by atoms with Gasteiger partial charge in [0, 0.05) is 6.42 Å². The van der Waals surface area contributed by atoms with Crippen LogP contribution in [0.25, 0.3) is 0 Å². The summed E-state index contributed by atoms with van der Waals surface area (Å²) in [6.45, 7) is 24.0. The van der Waals surface area contributed by atoms with Gasteiger partial charge in [-0.1, -0.05) is 47.6 Å². The Kier molecular flexibility index (Phi) is 6.63. The maximum Gasteiger partial charge on any atom is 0.250 e. The largest absolute Gasteiger partial charge is 0.541 e. The molecular weight excluding hydrogens is 356 g/mol. The van der Waals surface area contributed by atoms with E-state index in [9.17, 15) is 4.79 Å². The minimum atomic E-state index is -2.01. The minimum absolute atomic E-state index is 0.0951. The molecule has 0 aliphatic rings. The van der Waals surface area contributed by atoms with Crippen LogP contribution in [0.4, 0.5) is 0 Å². The second kappa shape index (κ2) is 7.51. The molecule has 26 heavy (non-hydrogen) atoms. The van der Waals surface area contributed by atoms with Crippen LogP contribution in [0.1, 0.15) is 54.0 Å². The number of hydrogen-bond donors (Lipinski definition) is 0. The average Bonchev–Trinajstić information content (AvgIpc) is 2.37. The van der Waals surface area contributed by atoms with Crippen LogP contribution in [0.3, 0.4) is 0 Å². The highest BCUT2D eigenvalue weighted by atomic mass is 28.4. The number of carbonyl (C=O) groups excluding carboxylic acids is 1. The van der Waals surface area contributed by atoms with Crippen molar-refractivity contribution in [3.63, 3.8) is 0 Å². The van der Waals surface area contributed by atoms with Crippen LogP contribution >= 0.6 is 0 Å². The maximum absolute atomic E-state index is 11.6. The van der Waals surface area contributed by atoms with Crippen molar-refractivity contribution in [1.29, 1.82) is 0 Å². The van der Waals surface area contributed by atoms with Gasteiger partial charge in [0.05, 0.1) is 0 Å². The summed E-state index contributed by atoms with van der Waals surface area (Å²) in [5, 5.41) is 0.205. The third-order valence-corrected chi connectivity index (χ3v) is 14.5. The van der Waals surface area contributed by atoms with Gasteiger partial charge in [0.1, 0.15) is 17.3 Å². The van der Waals surface area contributed by atoms with E-state index < -0.39 is 16.6 Å². The Morgan fingerprint density at radius 2 is 1.27 bits per heavy atom. The molecule has 1 rings (SSSR count). The molecule has 0 N–H and O–H groups in total. The van der Waals surface area contributed by atoms with Gasteiger partial charge in [-0.25, -0.2) is 0 Å². The van der Waals surface area contributed by atoms with Gasteiger partial charge in [0.2, 0.25) is 0 Å². The fourth-order valence-corrected chi connectivity index (χ4v) is 4.01. The van der Waals surface area contributed by atoms with Crippen molar-refractivity contribution in [3.8, 4) is 11.5 Å². The van der Waals surface area contributed by atoms with E-state index in [1.54, 1.807) is 6.92 Å². The zero-order valence-corrected chi connectivity index (χ0v) is 20.7. The first-order valence-corrected chi connectivity index (χ1v) is 15.3. The van der Waals surface area contributed by atoms with Crippen molar-refractivity contribution < 1.29 is 13.6 Å². The highest BCUT2D eigenvalue weighted by Gasteiger charge is 2.42. The van der Waals surface area contributed by atoms with Crippen molar-refractivity contribution >= 4 is 22.4 Å². The van der Waals surface area contributed by atoms with Crippen LogP contribution in [0, 0.1) is 0 Å². The molecule has 0 unspecified atom stereocenters. The Morgan fingerprint density at radius 1 is 0.846 bits per heavy atom. The number of ketones is 1. The summed E-state index contributed by atoms with van der Waals surface area (Å²) in [7, 11) is -3.99. The maximum atomic E-state index is 11.6. The summed E-state index contributed by atoms with van der Waals surface area (Å²) >= 11 is 0. The summed E-state index contributed by atoms with van der Waals surface area (Å²) < 4.78 is 13.2. The molecule has 0 atom stereocenters. The molecule has 0 fully saturated rings. The van der Waals surface area contributed by atoms with Crippen LogP contribution in [0.5, 0.6) is 11.5 Å². The number of hydrogen-bond acceptors (Lipinski definition) is 3. The zero-order valence-electron chi connectivity index (χ0n) is 18.7. The summed E-state index contributed by atoms with van der Waals surface area (Å²) in [4.78, 5) is 11.6. The first kappa shape index (κ1) is 23.0. The van der Waals surface area contributed by atoms with Crippen LogP contribution in [-0.4, -0.2) is 22.4 Å². The first-order valence-electron chi connectivity index (χ1n) is 9.47. The molecule has 0 aliphatic heterocycles. The van der Waals surface area contributed by atoms with E-state index in [4.69, 9.17) is 8.85 Å². The highest BCUT2D eigenvalue weighted by Crippen LogP contribution is 2.43. The first-order chi connectivity index (χ1) is 11.5. The lowest BCUT2D eigenvalue weighted by molar-refractivity contribution is -0.116. The van der Waals surface area contributed by atoms with Crippen LogP contribution < -0.4 is 8.85 Å². The topological polar surface area (TPSA) is 35.5 Å². The molecule has 0 bridgehead atoms. The lowest BCUT2D eigenvalue weighted by Crippen LogP contribution is -2.45. The fraction of sp³-hybridized carbons (Fsp3) is 0.667. The van der Waals surface area contributed by atoms with E-state index in [0.29, 0.717) is 6.42 Å². The second-order valence-electron chi connectivity index (χ2n) is 10.4. The van der Waals surface area contributed by atoms with Crippen molar-refractivity contribution in [2.45, 2.75) is 91.2 Å². The summed E-state index contributed by atoms with van der Waals surface area (Å²) in [6, 6.07) is 5.98. The van der Waals surface area contributed by atoms with Crippen molar-refractivity contribution in [1.82, 2.24) is 0 Å².